The molecule has 0 bridgehead atoms. The Labute approximate surface area is 309 Å². The second kappa shape index (κ2) is 38.5. The highest BCUT2D eigenvalue weighted by molar-refractivity contribution is 5.81. The number of allylic oxidation sites excluding steroid dienone is 7. The molecular weight excluding hydrogens is 622 g/mol. The van der Waals surface area contributed by atoms with E-state index in [1.807, 2.05) is 6.08 Å². The van der Waals surface area contributed by atoms with Gasteiger partial charge in [0.05, 0.1) is 18.8 Å². The van der Waals surface area contributed by atoms with Gasteiger partial charge in [0.15, 0.2) is 0 Å². The fraction of sp³-hybridized carbons (Fsp3) is 0.795. The van der Waals surface area contributed by atoms with E-state index in [1.54, 1.807) is 6.08 Å². The van der Waals surface area contributed by atoms with Gasteiger partial charge in [-0.05, 0) is 64.2 Å². The third kappa shape index (κ3) is 32.2. The Bertz CT molecular complexity index is 838. The Kier molecular flexibility index (Phi) is 37.2. The molecule has 0 aliphatic rings. The lowest BCUT2D eigenvalue weighted by atomic mass is 10.0. The number of hydrogen-bond acceptors (Lipinski definition) is 5. The van der Waals surface area contributed by atoms with E-state index in [9.17, 15) is 25.2 Å². The van der Waals surface area contributed by atoms with Crippen molar-refractivity contribution in [2.75, 3.05) is 6.61 Å². The molecule has 6 heteroatoms. The summed E-state index contributed by atoms with van der Waals surface area (Å²) in [6.07, 6.45) is 45.9. The number of nitrogens with one attached hydrogen (secondary N) is 1. The minimum atomic E-state index is -1.31. The molecule has 0 saturated heterocycles. The molecule has 0 heterocycles. The van der Waals surface area contributed by atoms with E-state index in [2.05, 4.69) is 55.6 Å². The maximum atomic E-state index is 12.4. The average Bonchev–Trinajstić information content (AvgIpc) is 3.12. The number of hydrogen-bond donors (Lipinski definition) is 5. The molecule has 5 N–H and O–H groups in total. The van der Waals surface area contributed by atoms with Crippen molar-refractivity contribution in [3.63, 3.8) is 0 Å². The Balaban J connectivity index is 3.87. The Hall–Kier alpha value is -1.73. The van der Waals surface area contributed by atoms with E-state index in [-0.39, 0.29) is 6.42 Å². The van der Waals surface area contributed by atoms with Crippen LogP contribution in [0.3, 0.4) is 0 Å². The molecule has 4 unspecified atom stereocenters. The highest BCUT2D eigenvalue weighted by Gasteiger charge is 2.28. The zero-order valence-electron chi connectivity index (χ0n) is 32.6. The van der Waals surface area contributed by atoms with Crippen molar-refractivity contribution in [2.24, 2.45) is 0 Å². The molecule has 0 rings (SSSR count). The van der Waals surface area contributed by atoms with Gasteiger partial charge in [-0.1, -0.05) is 172 Å². The second-order valence-corrected chi connectivity index (χ2v) is 14.3. The topological polar surface area (TPSA) is 110 Å². The summed E-state index contributed by atoms with van der Waals surface area (Å²) in [6.45, 7) is 3.98. The highest BCUT2D eigenvalue weighted by atomic mass is 16.3. The van der Waals surface area contributed by atoms with Gasteiger partial charge in [-0.15, -0.1) is 0 Å². The molecule has 0 fully saturated rings. The molecule has 4 atom stereocenters. The van der Waals surface area contributed by atoms with Gasteiger partial charge < -0.3 is 25.7 Å². The molecule has 50 heavy (non-hydrogen) atoms. The van der Waals surface area contributed by atoms with E-state index < -0.39 is 36.9 Å². The van der Waals surface area contributed by atoms with Gasteiger partial charge in [-0.3, -0.25) is 4.79 Å². The van der Waals surface area contributed by atoms with Gasteiger partial charge in [0, 0.05) is 6.42 Å². The fourth-order valence-electron chi connectivity index (χ4n) is 6.11. The molecule has 0 spiro atoms. The first-order chi connectivity index (χ1) is 24.5. The summed E-state index contributed by atoms with van der Waals surface area (Å²) < 4.78 is 0. The monoisotopic (exact) mass is 704 g/mol. The predicted molar refractivity (Wildman–Crippen MR) is 214 cm³/mol. The Morgan fingerprint density at radius 1 is 0.520 bits per heavy atom. The molecular formula is C44H81NO5. The van der Waals surface area contributed by atoms with Crippen LogP contribution in [0.15, 0.2) is 48.6 Å². The van der Waals surface area contributed by atoms with E-state index in [4.69, 9.17) is 0 Å². The fourth-order valence-corrected chi connectivity index (χ4v) is 6.11. The number of unbranched alkanes of at least 4 members (excludes halogenated alkanes) is 21. The van der Waals surface area contributed by atoms with E-state index in [0.29, 0.717) is 12.8 Å². The van der Waals surface area contributed by atoms with Crippen molar-refractivity contribution >= 4 is 5.91 Å². The quantitative estimate of drug-likeness (QED) is 0.0327. The lowest BCUT2D eigenvalue weighted by molar-refractivity contribution is -0.132. The molecule has 0 aromatic heterocycles. The van der Waals surface area contributed by atoms with Crippen LogP contribution in [0.5, 0.6) is 0 Å². The lowest BCUT2D eigenvalue weighted by Crippen LogP contribution is -2.52. The van der Waals surface area contributed by atoms with Crippen LogP contribution in [0.4, 0.5) is 0 Å². The number of amides is 1. The number of carbonyl (C=O) groups excluding carboxylic acids is 1. The molecule has 0 radical (unpaired) electrons. The van der Waals surface area contributed by atoms with Gasteiger partial charge >= 0.3 is 0 Å². The molecule has 292 valence electrons. The summed E-state index contributed by atoms with van der Waals surface area (Å²) >= 11 is 0. The number of aliphatic hydroxyl groups excluding tert-OH is 4. The molecule has 6 nitrogen and oxygen atoms in total. The number of aliphatic hydroxyl groups is 4. The van der Waals surface area contributed by atoms with Gasteiger partial charge in [-0.2, -0.15) is 0 Å². The maximum Gasteiger partial charge on any atom is 0.249 e. The molecule has 0 saturated carbocycles. The Morgan fingerprint density at radius 3 is 1.40 bits per heavy atom. The maximum absolute atomic E-state index is 12.4. The van der Waals surface area contributed by atoms with Crippen molar-refractivity contribution in [2.45, 2.75) is 218 Å². The van der Waals surface area contributed by atoms with Crippen LogP contribution in [0, 0.1) is 0 Å². The first-order valence-electron chi connectivity index (χ1n) is 21.0. The highest BCUT2D eigenvalue weighted by Crippen LogP contribution is 2.14. The largest absolute Gasteiger partial charge is 0.394 e. The first kappa shape index (κ1) is 48.3. The normalized spacial score (nSPS) is 14.8. The number of rotatable bonds is 37. The molecule has 0 aliphatic carbocycles. The molecule has 0 aromatic carbocycles. The third-order valence-corrected chi connectivity index (χ3v) is 9.50. The Morgan fingerprint density at radius 2 is 0.920 bits per heavy atom. The van der Waals surface area contributed by atoms with Crippen molar-refractivity contribution in [1.82, 2.24) is 5.32 Å². The zero-order chi connectivity index (χ0) is 36.8. The minimum Gasteiger partial charge on any atom is -0.394 e. The van der Waals surface area contributed by atoms with Crippen molar-refractivity contribution in [1.29, 1.82) is 0 Å². The van der Waals surface area contributed by atoms with Crippen LogP contribution in [0.1, 0.15) is 194 Å². The second-order valence-electron chi connectivity index (χ2n) is 14.3. The minimum absolute atomic E-state index is 0.148. The standard InChI is InChI=1S/C44H81NO5/c1-3-5-7-9-11-13-15-17-18-19-20-21-22-23-24-25-26-28-29-31-33-35-37-41(47)43(49)40(39-46)45-44(50)42(48)38-36-34-32-30-27-16-14-12-10-8-6-4-2/h24-25,27,29-31,34,36,40-43,46-49H,3-23,26,28,32-33,35,37-39H2,1-2H3,(H,45,50)/b25-24+,30-27-,31-29+,36-34-. The van der Waals surface area contributed by atoms with Crippen molar-refractivity contribution < 1.29 is 25.2 Å². The summed E-state index contributed by atoms with van der Waals surface area (Å²) in [6, 6.07) is -1.04. The van der Waals surface area contributed by atoms with Crippen LogP contribution in [-0.2, 0) is 4.79 Å². The van der Waals surface area contributed by atoms with E-state index >= 15 is 0 Å². The molecule has 1 amide bonds. The van der Waals surface area contributed by atoms with Crippen LogP contribution < -0.4 is 5.32 Å². The third-order valence-electron chi connectivity index (χ3n) is 9.50. The lowest BCUT2D eigenvalue weighted by Gasteiger charge is -2.27. The summed E-state index contributed by atoms with van der Waals surface area (Å²) in [5.41, 5.74) is 0. The molecule has 0 aromatic rings. The summed E-state index contributed by atoms with van der Waals surface area (Å²) in [7, 11) is 0. The van der Waals surface area contributed by atoms with Gasteiger partial charge in [-0.25, -0.2) is 0 Å². The zero-order valence-corrected chi connectivity index (χ0v) is 32.6. The van der Waals surface area contributed by atoms with Crippen LogP contribution in [0.25, 0.3) is 0 Å². The van der Waals surface area contributed by atoms with E-state index in [1.165, 1.54) is 128 Å². The smallest absolute Gasteiger partial charge is 0.249 e. The summed E-state index contributed by atoms with van der Waals surface area (Å²) in [5, 5.41) is 43.4. The van der Waals surface area contributed by atoms with Crippen LogP contribution >= 0.6 is 0 Å². The predicted octanol–water partition coefficient (Wildman–Crippen LogP) is 10.7. The molecule has 0 aliphatic heterocycles. The number of carbonyl (C=O) groups is 1. The van der Waals surface area contributed by atoms with Crippen LogP contribution in [-0.4, -0.2) is 57.3 Å². The SMILES string of the molecule is CCCCCCCC/C=C\C/C=C\CC(O)C(=O)NC(CO)C(O)C(O)CCC/C=C/CC/C=C/CCCCCCCCCCCCCCC. The van der Waals surface area contributed by atoms with Gasteiger partial charge in [0.1, 0.15) is 12.2 Å². The van der Waals surface area contributed by atoms with E-state index in [0.717, 1.165) is 32.1 Å². The van der Waals surface area contributed by atoms with Crippen molar-refractivity contribution in [3.8, 4) is 0 Å². The van der Waals surface area contributed by atoms with Gasteiger partial charge in [0.2, 0.25) is 5.91 Å². The van der Waals surface area contributed by atoms with Crippen molar-refractivity contribution in [3.05, 3.63) is 48.6 Å². The summed E-state index contributed by atoms with van der Waals surface area (Å²) in [4.78, 5) is 12.4. The van der Waals surface area contributed by atoms with Crippen LogP contribution in [0.2, 0.25) is 0 Å². The van der Waals surface area contributed by atoms with Gasteiger partial charge in [0.25, 0.3) is 0 Å². The summed E-state index contributed by atoms with van der Waals surface area (Å²) in [5.74, 6) is -0.667. The average molecular weight is 704 g/mol. The first-order valence-corrected chi connectivity index (χ1v) is 21.0.